The molecule has 88 valence electrons. The van der Waals surface area contributed by atoms with Gasteiger partial charge in [-0.15, -0.1) is 0 Å². The summed E-state index contributed by atoms with van der Waals surface area (Å²) in [4.78, 5) is 21.6. The van der Waals surface area contributed by atoms with Crippen LogP contribution < -0.4 is 5.32 Å². The smallest absolute Gasteiger partial charge is 0.303 e. The van der Waals surface area contributed by atoms with Crippen LogP contribution in [0.3, 0.4) is 0 Å². The molecule has 0 radical (unpaired) electrons. The van der Waals surface area contributed by atoms with Crippen LogP contribution in [0.15, 0.2) is 0 Å². The van der Waals surface area contributed by atoms with Gasteiger partial charge in [0.05, 0.1) is 0 Å². The van der Waals surface area contributed by atoms with Gasteiger partial charge in [-0.05, 0) is 18.8 Å². The Morgan fingerprint density at radius 1 is 1.27 bits per heavy atom. The van der Waals surface area contributed by atoms with Gasteiger partial charge < -0.3 is 10.4 Å². The van der Waals surface area contributed by atoms with Gasteiger partial charge in [0.1, 0.15) is 0 Å². The number of hydrogen-bond acceptors (Lipinski definition) is 2. The number of carbonyl (C=O) groups is 2. The number of carbonyl (C=O) groups excluding carboxylic acids is 1. The second-order valence-corrected chi connectivity index (χ2v) is 4.07. The molecular formula is C11H21NO3. The number of nitrogens with one attached hydrogen (secondary N) is 1. The van der Waals surface area contributed by atoms with Crippen molar-refractivity contribution >= 4 is 11.9 Å². The van der Waals surface area contributed by atoms with E-state index >= 15 is 0 Å². The average molecular weight is 215 g/mol. The topological polar surface area (TPSA) is 66.4 Å². The third kappa shape index (κ3) is 6.94. The molecule has 1 amide bonds. The summed E-state index contributed by atoms with van der Waals surface area (Å²) in [6, 6.07) is 0.197. The zero-order chi connectivity index (χ0) is 11.8. The zero-order valence-corrected chi connectivity index (χ0v) is 9.75. The number of aliphatic carboxylic acids is 1. The number of carboxylic acids is 1. The Morgan fingerprint density at radius 2 is 1.87 bits per heavy atom. The maximum absolute atomic E-state index is 11.4. The molecule has 15 heavy (non-hydrogen) atoms. The largest absolute Gasteiger partial charge is 0.481 e. The number of hydrogen-bond donors (Lipinski definition) is 2. The van der Waals surface area contributed by atoms with Gasteiger partial charge in [0.2, 0.25) is 5.91 Å². The molecule has 1 atom stereocenters. The average Bonchev–Trinajstić information content (AvgIpc) is 2.13. The Morgan fingerprint density at radius 3 is 2.27 bits per heavy atom. The summed E-state index contributed by atoms with van der Waals surface area (Å²) in [5.74, 6) is -0.478. The molecule has 2 N–H and O–H groups in total. The molecule has 1 unspecified atom stereocenters. The predicted octanol–water partition coefficient (Wildman–Crippen LogP) is 1.79. The minimum atomic E-state index is -0.848. The molecule has 0 aliphatic heterocycles. The molecular weight excluding hydrogens is 194 g/mol. The molecule has 0 aromatic heterocycles. The first-order valence-electron chi connectivity index (χ1n) is 5.48. The third-order valence-electron chi connectivity index (χ3n) is 2.39. The quantitative estimate of drug-likeness (QED) is 0.680. The Balaban J connectivity index is 3.76. The maximum atomic E-state index is 11.4. The fourth-order valence-corrected chi connectivity index (χ4v) is 1.42. The van der Waals surface area contributed by atoms with Crippen LogP contribution in [0.1, 0.15) is 46.5 Å². The fourth-order valence-electron chi connectivity index (χ4n) is 1.42. The molecule has 0 heterocycles. The van der Waals surface area contributed by atoms with E-state index in [-0.39, 0.29) is 18.4 Å². The molecule has 0 rings (SSSR count). The summed E-state index contributed by atoms with van der Waals surface area (Å²) in [5, 5.41) is 11.3. The molecule has 0 spiro atoms. The summed E-state index contributed by atoms with van der Waals surface area (Å²) >= 11 is 0. The van der Waals surface area contributed by atoms with E-state index in [0.29, 0.717) is 18.8 Å². The van der Waals surface area contributed by atoms with E-state index in [1.165, 1.54) is 0 Å². The summed E-state index contributed by atoms with van der Waals surface area (Å²) in [7, 11) is 0. The Kier molecular flexibility index (Phi) is 6.75. The molecule has 0 fully saturated rings. The van der Waals surface area contributed by atoms with Crippen LogP contribution in [0.5, 0.6) is 0 Å². The number of carboxylic acid groups (broad SMARTS) is 1. The van der Waals surface area contributed by atoms with Crippen molar-refractivity contribution in [3.8, 4) is 0 Å². The van der Waals surface area contributed by atoms with Gasteiger partial charge in [0.25, 0.3) is 0 Å². The van der Waals surface area contributed by atoms with Gasteiger partial charge in [0, 0.05) is 18.9 Å². The molecule has 4 heteroatoms. The van der Waals surface area contributed by atoms with Gasteiger partial charge in [-0.25, -0.2) is 0 Å². The molecule has 0 aromatic carbocycles. The van der Waals surface area contributed by atoms with Gasteiger partial charge in [-0.2, -0.15) is 0 Å². The standard InChI is InChI=1S/C11H21NO3/c1-4-9(8(2)3)12-10(13)6-5-7-11(14)15/h8-9H,4-7H2,1-3H3,(H,12,13)(H,14,15). The molecule has 0 saturated carbocycles. The minimum absolute atomic E-state index is 0.0446. The third-order valence-corrected chi connectivity index (χ3v) is 2.39. The van der Waals surface area contributed by atoms with E-state index in [1.54, 1.807) is 0 Å². The normalized spacial score (nSPS) is 12.5. The summed E-state index contributed by atoms with van der Waals surface area (Å²) in [6.07, 6.45) is 1.68. The van der Waals surface area contributed by atoms with Crippen LogP contribution in [0, 0.1) is 5.92 Å². The van der Waals surface area contributed by atoms with Crippen molar-refractivity contribution in [2.45, 2.75) is 52.5 Å². The first-order chi connectivity index (χ1) is 6.97. The van der Waals surface area contributed by atoms with Crippen LogP contribution in [0.2, 0.25) is 0 Å². The van der Waals surface area contributed by atoms with Crippen LogP contribution in [-0.4, -0.2) is 23.0 Å². The van der Waals surface area contributed by atoms with Gasteiger partial charge >= 0.3 is 5.97 Å². The summed E-state index contributed by atoms with van der Waals surface area (Å²) < 4.78 is 0. The highest BCUT2D eigenvalue weighted by Crippen LogP contribution is 2.06. The first kappa shape index (κ1) is 13.9. The van der Waals surface area contributed by atoms with Gasteiger partial charge in [0.15, 0.2) is 0 Å². The lowest BCUT2D eigenvalue weighted by Gasteiger charge is -2.20. The zero-order valence-electron chi connectivity index (χ0n) is 9.75. The van der Waals surface area contributed by atoms with E-state index in [4.69, 9.17) is 5.11 Å². The van der Waals surface area contributed by atoms with Gasteiger partial charge in [-0.3, -0.25) is 9.59 Å². The summed E-state index contributed by atoms with van der Waals surface area (Å²) in [6.45, 7) is 6.15. The molecule has 0 aromatic rings. The molecule has 0 aliphatic rings. The second-order valence-electron chi connectivity index (χ2n) is 4.07. The van der Waals surface area contributed by atoms with Crippen LogP contribution in [0.25, 0.3) is 0 Å². The van der Waals surface area contributed by atoms with Crippen molar-refractivity contribution in [1.82, 2.24) is 5.32 Å². The Hall–Kier alpha value is -1.06. The van der Waals surface area contributed by atoms with Crippen molar-refractivity contribution in [3.05, 3.63) is 0 Å². The first-order valence-corrected chi connectivity index (χ1v) is 5.48. The maximum Gasteiger partial charge on any atom is 0.303 e. The van der Waals surface area contributed by atoms with Gasteiger partial charge in [-0.1, -0.05) is 20.8 Å². The molecule has 4 nitrogen and oxygen atoms in total. The van der Waals surface area contributed by atoms with E-state index in [0.717, 1.165) is 6.42 Å². The van der Waals surface area contributed by atoms with E-state index in [2.05, 4.69) is 19.2 Å². The van der Waals surface area contributed by atoms with Crippen molar-refractivity contribution in [3.63, 3.8) is 0 Å². The Labute approximate surface area is 91.1 Å². The van der Waals surface area contributed by atoms with Crippen LogP contribution in [0.4, 0.5) is 0 Å². The monoisotopic (exact) mass is 215 g/mol. The molecule has 0 aliphatic carbocycles. The predicted molar refractivity (Wildman–Crippen MR) is 58.5 cm³/mol. The molecule has 0 bridgehead atoms. The summed E-state index contributed by atoms with van der Waals surface area (Å²) in [5.41, 5.74) is 0. The SMILES string of the molecule is CCC(NC(=O)CCCC(=O)O)C(C)C. The minimum Gasteiger partial charge on any atom is -0.481 e. The van der Waals surface area contributed by atoms with Crippen molar-refractivity contribution < 1.29 is 14.7 Å². The van der Waals surface area contributed by atoms with Crippen LogP contribution >= 0.6 is 0 Å². The van der Waals surface area contributed by atoms with Crippen molar-refractivity contribution in [2.24, 2.45) is 5.92 Å². The highest BCUT2D eigenvalue weighted by Gasteiger charge is 2.13. The second kappa shape index (κ2) is 7.26. The van der Waals surface area contributed by atoms with Crippen molar-refractivity contribution in [2.75, 3.05) is 0 Å². The Bertz CT molecular complexity index is 214. The van der Waals surface area contributed by atoms with Crippen molar-refractivity contribution in [1.29, 1.82) is 0 Å². The fraction of sp³-hybridized carbons (Fsp3) is 0.818. The van der Waals surface area contributed by atoms with E-state index < -0.39 is 5.97 Å². The highest BCUT2D eigenvalue weighted by molar-refractivity contribution is 5.77. The number of amides is 1. The molecule has 0 saturated heterocycles. The van der Waals surface area contributed by atoms with Crippen LogP contribution in [-0.2, 0) is 9.59 Å². The lowest BCUT2D eigenvalue weighted by Crippen LogP contribution is -2.37. The van der Waals surface area contributed by atoms with E-state index in [1.807, 2.05) is 6.92 Å². The lowest BCUT2D eigenvalue weighted by molar-refractivity contribution is -0.137. The van der Waals surface area contributed by atoms with E-state index in [9.17, 15) is 9.59 Å². The number of rotatable bonds is 7. The highest BCUT2D eigenvalue weighted by atomic mass is 16.4. The lowest BCUT2D eigenvalue weighted by atomic mass is 10.0.